The van der Waals surface area contributed by atoms with Crippen molar-refractivity contribution in [2.45, 2.75) is 19.9 Å². The molecule has 30 heavy (non-hydrogen) atoms. The predicted molar refractivity (Wildman–Crippen MR) is 125 cm³/mol. The van der Waals surface area contributed by atoms with Crippen molar-refractivity contribution in [3.8, 4) is 5.88 Å². The number of fused-ring (bicyclic) bond motifs is 1. The summed E-state index contributed by atoms with van der Waals surface area (Å²) in [6.45, 7) is 1.79. The molecule has 0 bridgehead atoms. The molecule has 0 radical (unpaired) electrons. The monoisotopic (exact) mass is 483 g/mol. The largest absolute Gasteiger partial charge is 0.493 e. The van der Waals surface area contributed by atoms with Gasteiger partial charge >= 0.3 is 4.87 Å². The fourth-order valence-corrected chi connectivity index (χ4v) is 4.33. The van der Waals surface area contributed by atoms with Crippen LogP contribution >= 0.6 is 27.3 Å². The summed E-state index contributed by atoms with van der Waals surface area (Å²) in [5.74, 6) is -0.615. The Kier molecular flexibility index (Phi) is 5.69. The van der Waals surface area contributed by atoms with Gasteiger partial charge in [-0.1, -0.05) is 46.3 Å². The van der Waals surface area contributed by atoms with Crippen LogP contribution in [0.25, 0.3) is 11.6 Å². The van der Waals surface area contributed by atoms with Crippen molar-refractivity contribution in [3.63, 3.8) is 0 Å². The number of rotatable bonds is 5. The third kappa shape index (κ3) is 4.15. The lowest BCUT2D eigenvalue weighted by molar-refractivity contribution is -0.116. The topological polar surface area (TPSA) is 83.7 Å². The quantitative estimate of drug-likeness (QED) is 0.544. The number of aromatic nitrogens is 1. The molecule has 1 aliphatic heterocycles. The first-order valence-corrected chi connectivity index (χ1v) is 10.9. The van der Waals surface area contributed by atoms with Gasteiger partial charge in [0.1, 0.15) is 6.54 Å². The number of nitrogens with one attached hydrogen (secondary N) is 1. The van der Waals surface area contributed by atoms with E-state index in [0.717, 1.165) is 43.6 Å². The van der Waals surface area contributed by atoms with Gasteiger partial charge in [0.05, 0.1) is 10.6 Å². The summed E-state index contributed by atoms with van der Waals surface area (Å²) in [5.41, 5.74) is 4.33. The first-order chi connectivity index (χ1) is 14.4. The van der Waals surface area contributed by atoms with Gasteiger partial charge in [-0.25, -0.2) is 0 Å². The Morgan fingerprint density at radius 3 is 2.77 bits per heavy atom. The van der Waals surface area contributed by atoms with Crippen LogP contribution in [0.4, 0.5) is 11.4 Å². The summed E-state index contributed by atoms with van der Waals surface area (Å²) in [6, 6.07) is 13.2. The first kappa shape index (κ1) is 20.3. The summed E-state index contributed by atoms with van der Waals surface area (Å²) in [6.07, 6.45) is 4.32. The van der Waals surface area contributed by atoms with Crippen LogP contribution in [0.3, 0.4) is 0 Å². The number of amides is 1. The number of allylic oxidation sites excluding steroid dienone is 1. The molecule has 1 amide bonds. The zero-order valence-electron chi connectivity index (χ0n) is 16.1. The van der Waals surface area contributed by atoms with Crippen molar-refractivity contribution in [1.29, 1.82) is 0 Å². The summed E-state index contributed by atoms with van der Waals surface area (Å²) in [4.78, 5) is 29.1. The number of nitrogens with zero attached hydrogens (tertiary/aromatic N) is 2. The molecule has 0 atom stereocenters. The molecule has 4 rings (SSSR count). The van der Waals surface area contributed by atoms with Crippen molar-refractivity contribution < 1.29 is 9.90 Å². The van der Waals surface area contributed by atoms with Crippen molar-refractivity contribution in [1.82, 2.24) is 4.57 Å². The second-order valence-corrected chi connectivity index (χ2v) is 8.67. The smallest absolute Gasteiger partial charge is 0.311 e. The summed E-state index contributed by atoms with van der Waals surface area (Å²) in [5, 5.41) is 13.3. The van der Waals surface area contributed by atoms with Gasteiger partial charge in [-0.05, 0) is 48.4 Å². The molecule has 0 saturated carbocycles. The highest BCUT2D eigenvalue weighted by molar-refractivity contribution is 9.10. The lowest BCUT2D eigenvalue weighted by atomic mass is 10.1. The number of hydrogen-bond acceptors (Lipinski definition) is 5. The van der Waals surface area contributed by atoms with E-state index in [1.807, 2.05) is 42.5 Å². The Balaban J connectivity index is 1.54. The fourth-order valence-electron chi connectivity index (χ4n) is 3.13. The molecule has 0 aliphatic carbocycles. The van der Waals surface area contributed by atoms with E-state index in [-0.39, 0.29) is 18.3 Å². The van der Waals surface area contributed by atoms with Crippen molar-refractivity contribution in [2.24, 2.45) is 4.99 Å². The van der Waals surface area contributed by atoms with Crippen LogP contribution in [0.1, 0.15) is 22.9 Å². The Bertz CT molecular complexity index is 1240. The fraction of sp³-hybridized carbons (Fsp3) is 0.136. The average molecular weight is 484 g/mol. The number of anilines is 1. The molecule has 2 aromatic carbocycles. The summed E-state index contributed by atoms with van der Waals surface area (Å²) >= 11 is 4.33. The van der Waals surface area contributed by atoms with E-state index in [2.05, 4.69) is 33.2 Å². The van der Waals surface area contributed by atoms with Crippen LogP contribution in [0.15, 0.2) is 56.7 Å². The molecule has 0 spiro atoms. The van der Waals surface area contributed by atoms with Crippen molar-refractivity contribution in [2.75, 3.05) is 5.32 Å². The number of aromatic hydroxyl groups is 1. The molecule has 1 aromatic heterocycles. The number of halogens is 1. The molecular weight excluding hydrogens is 466 g/mol. The normalized spacial score (nSPS) is 13.6. The molecule has 152 valence electrons. The van der Waals surface area contributed by atoms with Gasteiger partial charge in [-0.2, -0.15) is 0 Å². The van der Waals surface area contributed by atoms with Crippen LogP contribution in [-0.4, -0.2) is 21.8 Å². The van der Waals surface area contributed by atoms with Crippen LogP contribution in [0.5, 0.6) is 5.88 Å². The third-order valence-electron chi connectivity index (χ3n) is 4.74. The van der Waals surface area contributed by atoms with Crippen LogP contribution in [0, 0.1) is 0 Å². The first-order valence-electron chi connectivity index (χ1n) is 9.31. The standard InChI is InChI=1S/C22H18BrN3O3S/c1-2-13-3-6-16(7-4-13)25-20(27)12-26-21(28)19(30-22(26)29)9-14-11-24-18-8-5-15(23)10-17(14)18/h3-11,28H,2,12H2,1H3,(H,25,27). The van der Waals surface area contributed by atoms with Gasteiger partial charge in [-0.3, -0.25) is 19.1 Å². The van der Waals surface area contributed by atoms with Crippen molar-refractivity contribution in [3.05, 3.63) is 72.6 Å². The molecule has 0 unspecified atom stereocenters. The maximum Gasteiger partial charge on any atom is 0.311 e. The van der Waals surface area contributed by atoms with E-state index >= 15 is 0 Å². The van der Waals surface area contributed by atoms with E-state index in [4.69, 9.17) is 0 Å². The molecule has 6 nitrogen and oxygen atoms in total. The Hall–Kier alpha value is -2.97. The lowest BCUT2D eigenvalue weighted by Crippen LogP contribution is -2.24. The number of carbonyl (C=O) groups excluding carboxylic acids is 1. The molecule has 0 saturated heterocycles. The third-order valence-corrected chi connectivity index (χ3v) is 6.15. The van der Waals surface area contributed by atoms with Crippen molar-refractivity contribution >= 4 is 62.4 Å². The highest BCUT2D eigenvalue weighted by atomic mass is 79.9. The second kappa shape index (κ2) is 8.41. The highest BCUT2D eigenvalue weighted by Crippen LogP contribution is 2.36. The minimum absolute atomic E-state index is 0.231. The van der Waals surface area contributed by atoms with E-state index in [1.165, 1.54) is 5.56 Å². The Morgan fingerprint density at radius 2 is 2.03 bits per heavy atom. The number of aliphatic imine (C=N–C) groups is 1. The number of hydrogen-bond donors (Lipinski definition) is 2. The van der Waals surface area contributed by atoms with Gasteiger partial charge in [0, 0.05) is 27.5 Å². The summed E-state index contributed by atoms with van der Waals surface area (Å²) < 4.78 is 1.98. The SMILES string of the molecule is CCc1ccc(NC(=O)Cn2c(O)c(C=C3C=Nc4ccc(Br)cc43)sc2=O)cc1. The Morgan fingerprint density at radius 1 is 1.27 bits per heavy atom. The van der Waals surface area contributed by atoms with E-state index in [9.17, 15) is 14.7 Å². The van der Waals surface area contributed by atoms with Crippen LogP contribution in [-0.2, 0) is 17.8 Å². The highest BCUT2D eigenvalue weighted by Gasteiger charge is 2.18. The number of thiazole rings is 1. The van der Waals surface area contributed by atoms with Crippen LogP contribution in [0.2, 0.25) is 0 Å². The Labute approximate surface area is 185 Å². The minimum atomic E-state index is -0.403. The van der Waals surface area contributed by atoms with Gasteiger partial charge < -0.3 is 10.4 Å². The molecule has 0 fully saturated rings. The van der Waals surface area contributed by atoms with Gasteiger partial charge in [-0.15, -0.1) is 0 Å². The van der Waals surface area contributed by atoms with E-state index < -0.39 is 4.87 Å². The number of benzene rings is 2. The van der Waals surface area contributed by atoms with E-state index in [0.29, 0.717) is 10.6 Å². The van der Waals surface area contributed by atoms with Crippen LogP contribution < -0.4 is 10.2 Å². The van der Waals surface area contributed by atoms with Gasteiger partial charge in [0.25, 0.3) is 0 Å². The lowest BCUT2D eigenvalue weighted by Gasteiger charge is -2.07. The number of carbonyl (C=O) groups is 1. The van der Waals surface area contributed by atoms with Gasteiger partial charge in [0.15, 0.2) is 0 Å². The minimum Gasteiger partial charge on any atom is -0.493 e. The second-order valence-electron chi connectivity index (χ2n) is 6.76. The summed E-state index contributed by atoms with van der Waals surface area (Å²) in [7, 11) is 0. The molecule has 8 heteroatoms. The zero-order valence-corrected chi connectivity index (χ0v) is 18.5. The molecule has 2 N–H and O–H groups in total. The average Bonchev–Trinajstić information content (AvgIpc) is 3.24. The molecule has 2 heterocycles. The van der Waals surface area contributed by atoms with E-state index in [1.54, 1.807) is 12.3 Å². The van der Waals surface area contributed by atoms with Gasteiger partial charge in [0.2, 0.25) is 11.8 Å². The maximum atomic E-state index is 12.4. The molecule has 3 aromatic rings. The number of aryl methyl sites for hydroxylation is 1. The molecule has 1 aliphatic rings. The zero-order chi connectivity index (χ0) is 21.3. The molecular formula is C22H18BrN3O3S. The maximum absolute atomic E-state index is 12.4. The predicted octanol–water partition coefficient (Wildman–Crippen LogP) is 4.84.